The van der Waals surface area contributed by atoms with Crippen LogP contribution >= 0.6 is 0 Å². The van der Waals surface area contributed by atoms with E-state index < -0.39 is 61.5 Å². The van der Waals surface area contributed by atoms with Gasteiger partial charge in [-0.05, 0) is 44.9 Å². The van der Waals surface area contributed by atoms with Gasteiger partial charge < -0.3 is 45.4 Å². The van der Waals surface area contributed by atoms with Gasteiger partial charge in [-0.2, -0.15) is 0 Å². The molecule has 1 heterocycles. The van der Waals surface area contributed by atoms with Crippen molar-refractivity contribution in [2.75, 3.05) is 13.2 Å². The van der Waals surface area contributed by atoms with Gasteiger partial charge in [-0.3, -0.25) is 4.79 Å². The molecule has 1 aliphatic rings. The predicted octanol–water partition coefficient (Wildman–Crippen LogP) is 11.8. The molecule has 0 aromatic carbocycles. The van der Waals surface area contributed by atoms with Gasteiger partial charge in [0, 0.05) is 0 Å². The molecule has 1 rings (SSSR count). The van der Waals surface area contributed by atoms with Gasteiger partial charge in [-0.1, -0.05) is 237 Å². The first-order chi connectivity index (χ1) is 31.8. The number of hydrogen-bond donors (Lipinski definition) is 7. The van der Waals surface area contributed by atoms with E-state index in [2.05, 4.69) is 43.5 Å². The minimum Gasteiger partial charge on any atom is -0.394 e. The second-order valence-corrected chi connectivity index (χ2v) is 19.2. The van der Waals surface area contributed by atoms with Crippen molar-refractivity contribution in [2.45, 2.75) is 294 Å². The molecular formula is C55H103NO9. The Labute approximate surface area is 398 Å². The van der Waals surface area contributed by atoms with E-state index >= 15 is 0 Å². The van der Waals surface area contributed by atoms with Crippen LogP contribution in [0.2, 0.25) is 0 Å². The van der Waals surface area contributed by atoms with E-state index in [4.69, 9.17) is 9.47 Å². The Hall–Kier alpha value is -1.63. The van der Waals surface area contributed by atoms with Gasteiger partial charge in [0.1, 0.15) is 30.5 Å². The zero-order chi connectivity index (χ0) is 47.4. The highest BCUT2D eigenvalue weighted by Gasteiger charge is 2.44. The number of nitrogens with one attached hydrogen (secondary N) is 1. The standard InChI is InChI=1S/C55H103NO9/c1-3-5-7-9-11-13-15-17-19-21-22-23-24-25-26-28-30-32-34-36-38-40-42-44-49(59)54(63)56-47(46-64-55-53(62)52(61)51(60)50(45-57)65-55)48(58)43-41-39-37-35-33-31-29-27-20-18-16-14-12-10-8-6-4-2/h20,27,33,35,41,43,47-53,55,57-62H,3-19,21-26,28-32,34,36-40,42,44-46H2,1-2H3,(H,56,63)/b27-20+,35-33+,43-41+. The number of carbonyl (C=O) groups excluding carboxylic acids is 1. The lowest BCUT2D eigenvalue weighted by molar-refractivity contribution is -0.302. The zero-order valence-corrected chi connectivity index (χ0v) is 41.9. The maximum atomic E-state index is 13.1. The molecular weight excluding hydrogens is 819 g/mol. The summed E-state index contributed by atoms with van der Waals surface area (Å²) in [5, 5.41) is 64.9. The summed E-state index contributed by atoms with van der Waals surface area (Å²) in [6.07, 6.45) is 46.7. The van der Waals surface area contributed by atoms with Crippen LogP contribution in [0.15, 0.2) is 36.5 Å². The third-order valence-electron chi connectivity index (χ3n) is 13.1. The molecule has 0 saturated carbocycles. The summed E-state index contributed by atoms with van der Waals surface area (Å²) in [5.74, 6) is -0.627. The molecule has 7 N–H and O–H groups in total. The van der Waals surface area contributed by atoms with Crippen molar-refractivity contribution in [2.24, 2.45) is 0 Å². The van der Waals surface area contributed by atoms with Crippen molar-refractivity contribution >= 4 is 5.91 Å². The van der Waals surface area contributed by atoms with Crippen LogP contribution in [0.4, 0.5) is 0 Å². The SMILES string of the molecule is CCCCCCCCC/C=C/CC/C=C/CC/C=C/C(O)C(COC1OC(CO)C(O)C(O)C1O)NC(=O)C(O)CCCCCCCCCCCCCCCCCCCCCCCCC. The van der Waals surface area contributed by atoms with Crippen molar-refractivity contribution < 1.29 is 44.9 Å². The van der Waals surface area contributed by atoms with Crippen LogP contribution in [0.25, 0.3) is 0 Å². The predicted molar refractivity (Wildman–Crippen MR) is 269 cm³/mol. The average molecular weight is 922 g/mol. The number of carbonyl (C=O) groups is 1. The van der Waals surface area contributed by atoms with E-state index in [1.807, 2.05) is 6.08 Å². The summed E-state index contributed by atoms with van der Waals surface area (Å²) < 4.78 is 11.2. The van der Waals surface area contributed by atoms with Crippen LogP contribution in [-0.4, -0.2) is 98.7 Å². The fourth-order valence-corrected chi connectivity index (χ4v) is 8.61. The number of amides is 1. The van der Waals surface area contributed by atoms with E-state index in [0.717, 1.165) is 44.9 Å². The third-order valence-corrected chi connectivity index (χ3v) is 13.1. The lowest BCUT2D eigenvalue weighted by Crippen LogP contribution is -2.60. The van der Waals surface area contributed by atoms with Crippen LogP contribution in [-0.2, 0) is 14.3 Å². The average Bonchev–Trinajstić information content (AvgIpc) is 3.31. The topological polar surface area (TPSA) is 169 Å². The third kappa shape index (κ3) is 34.3. The van der Waals surface area contributed by atoms with Gasteiger partial charge in [-0.15, -0.1) is 0 Å². The zero-order valence-electron chi connectivity index (χ0n) is 41.9. The summed E-state index contributed by atoms with van der Waals surface area (Å²) in [5.41, 5.74) is 0. The van der Waals surface area contributed by atoms with Gasteiger partial charge in [0.2, 0.25) is 5.91 Å². The highest BCUT2D eigenvalue weighted by molar-refractivity contribution is 5.80. The summed E-state index contributed by atoms with van der Waals surface area (Å²) in [4.78, 5) is 13.1. The van der Waals surface area contributed by atoms with Gasteiger partial charge >= 0.3 is 0 Å². The van der Waals surface area contributed by atoms with E-state index in [0.29, 0.717) is 19.3 Å². The second kappa shape index (κ2) is 44.9. The highest BCUT2D eigenvalue weighted by Crippen LogP contribution is 2.23. The Morgan fingerprint density at radius 2 is 0.908 bits per heavy atom. The Balaban J connectivity index is 2.32. The molecule has 0 aromatic rings. The molecule has 382 valence electrons. The molecule has 1 aliphatic heterocycles. The summed E-state index contributed by atoms with van der Waals surface area (Å²) in [7, 11) is 0. The maximum absolute atomic E-state index is 13.1. The number of aliphatic hydroxyl groups is 6. The van der Waals surface area contributed by atoms with Crippen molar-refractivity contribution in [3.05, 3.63) is 36.5 Å². The van der Waals surface area contributed by atoms with Crippen LogP contribution < -0.4 is 5.32 Å². The van der Waals surface area contributed by atoms with Crippen molar-refractivity contribution in [3.8, 4) is 0 Å². The normalized spacial score (nSPS) is 20.6. The Morgan fingerprint density at radius 1 is 0.523 bits per heavy atom. The minimum absolute atomic E-state index is 0.304. The van der Waals surface area contributed by atoms with Crippen molar-refractivity contribution in [3.63, 3.8) is 0 Å². The van der Waals surface area contributed by atoms with Crippen LogP contribution in [0.3, 0.4) is 0 Å². The molecule has 10 heteroatoms. The van der Waals surface area contributed by atoms with E-state index in [1.165, 1.54) is 167 Å². The van der Waals surface area contributed by atoms with Crippen molar-refractivity contribution in [1.29, 1.82) is 0 Å². The van der Waals surface area contributed by atoms with Crippen LogP contribution in [0.5, 0.6) is 0 Å². The molecule has 0 bridgehead atoms. The van der Waals surface area contributed by atoms with Crippen LogP contribution in [0.1, 0.15) is 245 Å². The minimum atomic E-state index is -1.62. The molecule has 1 fully saturated rings. The molecule has 1 saturated heterocycles. The fraction of sp³-hybridized carbons (Fsp3) is 0.873. The smallest absolute Gasteiger partial charge is 0.249 e. The number of ether oxygens (including phenoxy) is 2. The number of aliphatic hydroxyl groups excluding tert-OH is 6. The summed E-state index contributed by atoms with van der Waals surface area (Å²) in [6, 6.07) is -1.00. The fourth-order valence-electron chi connectivity index (χ4n) is 8.61. The van der Waals surface area contributed by atoms with E-state index in [1.54, 1.807) is 6.08 Å². The number of rotatable bonds is 46. The van der Waals surface area contributed by atoms with Gasteiger partial charge in [0.25, 0.3) is 0 Å². The quantitative estimate of drug-likeness (QED) is 0.0232. The monoisotopic (exact) mass is 922 g/mol. The lowest BCUT2D eigenvalue weighted by atomic mass is 9.99. The lowest BCUT2D eigenvalue weighted by Gasteiger charge is -2.40. The largest absolute Gasteiger partial charge is 0.394 e. The highest BCUT2D eigenvalue weighted by atomic mass is 16.7. The number of unbranched alkanes of at least 4 members (excludes halogenated alkanes) is 31. The molecule has 0 radical (unpaired) electrons. The Kier molecular flexibility index (Phi) is 42.4. The van der Waals surface area contributed by atoms with Gasteiger partial charge in [0.15, 0.2) is 6.29 Å². The van der Waals surface area contributed by atoms with Gasteiger partial charge in [-0.25, -0.2) is 0 Å². The molecule has 0 aromatic heterocycles. The molecule has 8 unspecified atom stereocenters. The molecule has 10 nitrogen and oxygen atoms in total. The van der Waals surface area contributed by atoms with E-state index in [-0.39, 0.29) is 6.61 Å². The molecule has 0 aliphatic carbocycles. The maximum Gasteiger partial charge on any atom is 0.249 e. The first-order valence-electron chi connectivity index (χ1n) is 27.3. The van der Waals surface area contributed by atoms with Crippen molar-refractivity contribution in [1.82, 2.24) is 5.32 Å². The first kappa shape index (κ1) is 61.4. The molecule has 8 atom stereocenters. The summed E-state index contributed by atoms with van der Waals surface area (Å²) in [6.45, 7) is 3.61. The molecule has 0 spiro atoms. The Bertz CT molecular complexity index is 1130. The summed E-state index contributed by atoms with van der Waals surface area (Å²) >= 11 is 0. The van der Waals surface area contributed by atoms with Gasteiger partial charge in [0.05, 0.1) is 25.4 Å². The number of allylic oxidation sites excluding steroid dienone is 5. The van der Waals surface area contributed by atoms with E-state index in [9.17, 15) is 35.4 Å². The Morgan fingerprint density at radius 3 is 1.34 bits per heavy atom. The molecule has 1 amide bonds. The second-order valence-electron chi connectivity index (χ2n) is 19.2. The number of hydrogen-bond acceptors (Lipinski definition) is 9. The van der Waals surface area contributed by atoms with Crippen LogP contribution in [0, 0.1) is 0 Å². The first-order valence-corrected chi connectivity index (χ1v) is 27.3. The molecule has 65 heavy (non-hydrogen) atoms.